The largest absolute Gasteiger partial charge is 0.286 e. The molecule has 0 fully saturated rings. The molecule has 0 aliphatic carbocycles. The summed E-state index contributed by atoms with van der Waals surface area (Å²) in [6.45, 7) is 6.63. The van der Waals surface area contributed by atoms with Crippen LogP contribution in [0, 0.1) is 0 Å². The predicted molar refractivity (Wildman–Crippen MR) is 78.3 cm³/mol. The van der Waals surface area contributed by atoms with Crippen molar-refractivity contribution < 1.29 is 13.0 Å². The molecule has 5 heteroatoms. The van der Waals surface area contributed by atoms with Crippen molar-refractivity contribution in [2.45, 2.75) is 46.5 Å². The van der Waals surface area contributed by atoms with Gasteiger partial charge in [-0.2, -0.15) is 8.42 Å². The summed E-state index contributed by atoms with van der Waals surface area (Å²) in [6, 6.07) is 0. The van der Waals surface area contributed by atoms with E-state index in [4.69, 9.17) is 4.55 Å². The first-order chi connectivity index (χ1) is 7.89. The van der Waals surface area contributed by atoms with E-state index in [0.29, 0.717) is 6.42 Å². The lowest BCUT2D eigenvalue weighted by Crippen LogP contribution is -2.14. The predicted octanol–water partition coefficient (Wildman–Crippen LogP) is 3.51. The highest BCUT2D eigenvalue weighted by molar-refractivity contribution is 7.85. The molecule has 104 valence electrons. The highest BCUT2D eigenvalue weighted by atomic mass is 32.2. The fraction of sp³-hybridized carbons (Fsp3) is 1.00. The minimum atomic E-state index is -3.77. The molecular formula is C12H28O3PS+. The van der Waals surface area contributed by atoms with E-state index < -0.39 is 17.4 Å². The minimum Gasteiger partial charge on any atom is -0.286 e. The summed E-state index contributed by atoms with van der Waals surface area (Å²) in [5, 5.41) is 0. The van der Waals surface area contributed by atoms with E-state index >= 15 is 0 Å². The third-order valence-corrected chi connectivity index (χ3v) is 9.39. The Hall–Kier alpha value is 0.340. The third-order valence-electron chi connectivity index (χ3n) is 3.13. The highest BCUT2D eigenvalue weighted by Crippen LogP contribution is 2.60. The molecule has 0 saturated carbocycles. The second-order valence-corrected chi connectivity index (χ2v) is 10.9. The van der Waals surface area contributed by atoms with Gasteiger partial charge >= 0.3 is 0 Å². The van der Waals surface area contributed by atoms with Gasteiger partial charge in [-0.25, -0.2) is 0 Å². The molecule has 0 aromatic heterocycles. The van der Waals surface area contributed by atoms with Crippen LogP contribution in [0.4, 0.5) is 0 Å². The average Bonchev–Trinajstić information content (AvgIpc) is 2.16. The molecule has 3 nitrogen and oxygen atoms in total. The molecular weight excluding hydrogens is 255 g/mol. The van der Waals surface area contributed by atoms with Crippen molar-refractivity contribution in [3.05, 3.63) is 0 Å². The average molecular weight is 283 g/mol. The monoisotopic (exact) mass is 283 g/mol. The van der Waals surface area contributed by atoms with Crippen LogP contribution < -0.4 is 0 Å². The summed E-state index contributed by atoms with van der Waals surface area (Å²) in [5.41, 5.74) is 0. The third kappa shape index (κ3) is 8.12. The first-order valence-corrected chi connectivity index (χ1v) is 10.8. The van der Waals surface area contributed by atoms with Crippen molar-refractivity contribution in [1.82, 2.24) is 0 Å². The highest BCUT2D eigenvalue weighted by Gasteiger charge is 2.34. The van der Waals surface area contributed by atoms with Gasteiger partial charge in [-0.05, 0) is 25.7 Å². The zero-order chi connectivity index (χ0) is 13.4. The molecule has 0 saturated heterocycles. The Balaban J connectivity index is 4.43. The minimum absolute atomic E-state index is 0.0636. The molecule has 0 aromatic rings. The first kappa shape index (κ1) is 17.3. The molecule has 0 amide bonds. The smallest absolute Gasteiger partial charge is 0.264 e. The lowest BCUT2D eigenvalue weighted by Gasteiger charge is -2.26. The van der Waals surface area contributed by atoms with Crippen molar-refractivity contribution in [2.75, 3.05) is 30.4 Å². The number of rotatable bonds is 10. The van der Waals surface area contributed by atoms with Crippen LogP contribution in [0.25, 0.3) is 0 Å². The molecule has 0 spiro atoms. The molecule has 0 aliphatic rings. The Bertz CT molecular complexity index is 271. The first-order valence-electron chi connectivity index (χ1n) is 6.69. The van der Waals surface area contributed by atoms with E-state index in [9.17, 15) is 8.42 Å². The van der Waals surface area contributed by atoms with Crippen LogP contribution in [0.2, 0.25) is 0 Å². The summed E-state index contributed by atoms with van der Waals surface area (Å²) in [5.74, 6) is -0.0636. The van der Waals surface area contributed by atoms with Gasteiger partial charge in [0.25, 0.3) is 10.1 Å². The fourth-order valence-electron chi connectivity index (χ4n) is 2.68. The maximum absolute atomic E-state index is 10.8. The molecule has 0 aliphatic heterocycles. The fourth-order valence-corrected chi connectivity index (χ4v) is 8.42. The van der Waals surface area contributed by atoms with Gasteiger partial charge in [0.15, 0.2) is 0 Å². The lowest BCUT2D eigenvalue weighted by molar-refractivity contribution is 0.482. The molecule has 0 unspecified atom stereocenters. The Morgan fingerprint density at radius 1 is 0.882 bits per heavy atom. The van der Waals surface area contributed by atoms with Crippen LogP contribution >= 0.6 is 7.26 Å². The van der Waals surface area contributed by atoms with Crippen LogP contribution in [0.15, 0.2) is 0 Å². The quantitative estimate of drug-likeness (QED) is 0.493. The Kier molecular flexibility index (Phi) is 8.61. The van der Waals surface area contributed by atoms with Gasteiger partial charge in [0, 0.05) is 7.26 Å². The Morgan fingerprint density at radius 3 is 1.59 bits per heavy atom. The Morgan fingerprint density at radius 2 is 1.29 bits per heavy atom. The zero-order valence-corrected chi connectivity index (χ0v) is 13.2. The standard InChI is InChI=1S/C12H27O3PS/c1-4-8-16(9-5-2,10-6-3)11-7-12-17(13,14)15/h4-12H2,1-3H3/p+1. The van der Waals surface area contributed by atoms with Gasteiger partial charge in [0.05, 0.1) is 30.4 Å². The number of hydrogen-bond donors (Lipinski definition) is 1. The van der Waals surface area contributed by atoms with Gasteiger partial charge in [-0.3, -0.25) is 4.55 Å². The van der Waals surface area contributed by atoms with Crippen molar-refractivity contribution in [3.8, 4) is 0 Å². The van der Waals surface area contributed by atoms with Crippen LogP contribution in [-0.4, -0.2) is 43.4 Å². The summed E-state index contributed by atoms with van der Waals surface area (Å²) in [4.78, 5) is 0. The topological polar surface area (TPSA) is 54.4 Å². The molecule has 0 atom stereocenters. The van der Waals surface area contributed by atoms with Crippen LogP contribution in [0.3, 0.4) is 0 Å². The molecule has 0 bridgehead atoms. The van der Waals surface area contributed by atoms with Crippen molar-refractivity contribution >= 4 is 17.4 Å². The van der Waals surface area contributed by atoms with Gasteiger partial charge in [0.2, 0.25) is 0 Å². The van der Waals surface area contributed by atoms with Gasteiger partial charge in [-0.15, -0.1) is 0 Å². The molecule has 0 rings (SSSR count). The van der Waals surface area contributed by atoms with Crippen molar-refractivity contribution in [1.29, 1.82) is 0 Å². The zero-order valence-electron chi connectivity index (χ0n) is 11.5. The van der Waals surface area contributed by atoms with Gasteiger partial charge < -0.3 is 0 Å². The second-order valence-electron chi connectivity index (χ2n) is 4.88. The van der Waals surface area contributed by atoms with Gasteiger partial charge in [-0.1, -0.05) is 20.8 Å². The van der Waals surface area contributed by atoms with E-state index in [2.05, 4.69) is 20.8 Å². The SMILES string of the molecule is CCC[P+](CCC)(CCC)CCCS(=O)(=O)O. The van der Waals surface area contributed by atoms with E-state index in [0.717, 1.165) is 6.16 Å². The van der Waals surface area contributed by atoms with Gasteiger partial charge in [0.1, 0.15) is 0 Å². The Labute approximate surface area is 107 Å². The molecule has 0 aromatic carbocycles. The maximum Gasteiger partial charge on any atom is 0.264 e. The van der Waals surface area contributed by atoms with Crippen LogP contribution in [0.1, 0.15) is 46.5 Å². The summed E-state index contributed by atoms with van der Waals surface area (Å²) in [6.07, 6.45) is 9.08. The normalized spacial score (nSPS) is 12.9. The molecule has 0 heterocycles. The van der Waals surface area contributed by atoms with E-state index in [-0.39, 0.29) is 5.75 Å². The molecule has 1 N–H and O–H groups in total. The van der Waals surface area contributed by atoms with E-state index in [1.165, 1.54) is 37.7 Å². The number of hydrogen-bond acceptors (Lipinski definition) is 2. The summed E-state index contributed by atoms with van der Waals surface area (Å²) < 4.78 is 30.3. The van der Waals surface area contributed by atoms with Crippen molar-refractivity contribution in [2.24, 2.45) is 0 Å². The van der Waals surface area contributed by atoms with E-state index in [1.54, 1.807) is 0 Å². The van der Waals surface area contributed by atoms with Crippen LogP contribution in [0.5, 0.6) is 0 Å². The maximum atomic E-state index is 10.8. The second kappa shape index (κ2) is 8.44. The van der Waals surface area contributed by atoms with Crippen LogP contribution in [-0.2, 0) is 10.1 Å². The molecule has 0 radical (unpaired) electrons. The summed E-state index contributed by atoms with van der Waals surface area (Å²) >= 11 is 0. The lowest BCUT2D eigenvalue weighted by atomic mass is 10.5. The summed E-state index contributed by atoms with van der Waals surface area (Å²) in [7, 11) is -4.73. The van der Waals surface area contributed by atoms with E-state index in [1.807, 2.05) is 0 Å². The molecule has 17 heavy (non-hydrogen) atoms. The van der Waals surface area contributed by atoms with Crippen molar-refractivity contribution in [3.63, 3.8) is 0 Å².